The van der Waals surface area contributed by atoms with Crippen molar-refractivity contribution < 1.29 is 76.5 Å². The fourth-order valence-corrected chi connectivity index (χ4v) is 9.36. The van der Waals surface area contributed by atoms with Crippen molar-refractivity contribution >= 4 is 33.4 Å². The van der Waals surface area contributed by atoms with E-state index in [1.165, 1.54) is 38.2 Å². The van der Waals surface area contributed by atoms with Crippen molar-refractivity contribution in [2.45, 2.75) is 211 Å². The van der Waals surface area contributed by atoms with Gasteiger partial charge in [-0.25, -0.2) is 13.9 Å². The number of hydrogen-bond donors (Lipinski definition) is 7. The molecule has 3 unspecified atom stereocenters. The van der Waals surface area contributed by atoms with Crippen molar-refractivity contribution in [3.63, 3.8) is 0 Å². The fourth-order valence-electron chi connectivity index (χ4n) is 7.25. The van der Waals surface area contributed by atoms with E-state index >= 15 is 0 Å². The first-order valence-electron chi connectivity index (χ1n) is 24.3. The van der Waals surface area contributed by atoms with Gasteiger partial charge in [0.1, 0.15) is 30.7 Å². The highest BCUT2D eigenvalue weighted by Gasteiger charge is 2.46. The predicted molar refractivity (Wildman–Crippen MR) is 250 cm³/mol. The molecule has 0 amide bonds. The molecule has 1 fully saturated rings. The van der Waals surface area contributed by atoms with Crippen LogP contribution in [0.1, 0.15) is 175 Å². The zero-order valence-corrected chi connectivity index (χ0v) is 41.6. The van der Waals surface area contributed by atoms with Gasteiger partial charge in [0.05, 0.1) is 25.4 Å². The Morgan fingerprint density at radius 1 is 0.806 bits per heavy atom. The third kappa shape index (κ3) is 26.8. The maximum atomic E-state index is 12.8. The molecule has 388 valence electrons. The first-order valence-corrected chi connectivity index (χ1v) is 27.3. The smallest absolute Gasteiger partial charge is 0.462 e. The van der Waals surface area contributed by atoms with Gasteiger partial charge < -0.3 is 50.2 Å². The highest BCUT2D eigenvalue weighted by atomic mass is 31.3. The standard InChI is InChI=1S/C45H81N3O17P2/c1-4-6-7-8-15-20-25-36(49)37(50)26-21-16-13-18-23-28-41(52)63-35(31-60-40(51)27-22-17-12-10-9-11-14-19-24-34(3)5-2)32-61-66(56,57)65-67(58,59)62-33-38-42(53)43(54)44(64-38)48-30-29-39(46)47-45(48)55/h15,20,29-30,34-38,42-44,49-50,53-54H,4-14,16-19,21-28,31-33H2,1-3H3,(H,56,57)(H,58,59)(H2,46,47,55)/b20-15-/t34?,35-,36+,37+,38-,42-,43-,44-/m1/s1. The molecule has 1 saturated heterocycles. The summed E-state index contributed by atoms with van der Waals surface area (Å²) < 4.78 is 56.6. The third-order valence-electron chi connectivity index (χ3n) is 11.6. The van der Waals surface area contributed by atoms with E-state index in [-0.39, 0.29) is 18.7 Å². The lowest BCUT2D eigenvalue weighted by Gasteiger charge is -2.21. The Morgan fingerprint density at radius 3 is 2.03 bits per heavy atom. The lowest BCUT2D eigenvalue weighted by molar-refractivity contribution is -0.161. The molecule has 8 N–H and O–H groups in total. The number of aliphatic hydroxyl groups is 4. The molecule has 0 bridgehead atoms. The van der Waals surface area contributed by atoms with Gasteiger partial charge >= 0.3 is 33.3 Å². The molecular weight excluding hydrogens is 916 g/mol. The van der Waals surface area contributed by atoms with Crippen LogP contribution in [0.2, 0.25) is 0 Å². The minimum absolute atomic E-state index is 0.0463. The molecule has 10 atom stereocenters. The van der Waals surface area contributed by atoms with Crippen molar-refractivity contribution in [1.29, 1.82) is 0 Å². The number of rotatable bonds is 39. The molecule has 0 aliphatic carbocycles. The molecule has 0 radical (unpaired) electrons. The number of carbonyl (C=O) groups excluding carboxylic acids is 2. The molecule has 1 aromatic heterocycles. The lowest BCUT2D eigenvalue weighted by Crippen LogP contribution is -2.36. The van der Waals surface area contributed by atoms with Gasteiger partial charge in [-0.2, -0.15) is 9.29 Å². The molecule has 67 heavy (non-hydrogen) atoms. The van der Waals surface area contributed by atoms with E-state index in [1.807, 2.05) is 12.2 Å². The van der Waals surface area contributed by atoms with Crippen LogP contribution in [-0.4, -0.2) is 108 Å². The van der Waals surface area contributed by atoms with Crippen LogP contribution < -0.4 is 11.4 Å². The van der Waals surface area contributed by atoms with Crippen molar-refractivity contribution in [2.75, 3.05) is 25.6 Å². The molecule has 0 aromatic carbocycles. The van der Waals surface area contributed by atoms with E-state index < -0.39 is 95.9 Å². The Bertz CT molecular complexity index is 1720. The Hall–Kier alpha value is -2.58. The van der Waals surface area contributed by atoms with Crippen molar-refractivity contribution in [3.8, 4) is 0 Å². The number of nitrogens with two attached hydrogens (primary N) is 1. The first-order chi connectivity index (χ1) is 31.9. The second kappa shape index (κ2) is 33.9. The number of carbonyl (C=O) groups is 2. The van der Waals surface area contributed by atoms with Gasteiger partial charge in [-0.05, 0) is 50.5 Å². The van der Waals surface area contributed by atoms with Crippen LogP contribution in [-0.2, 0) is 46.3 Å². The SMILES string of the molecule is CCCCC/C=C\C[C@H](O)[C@@H](O)CCCCCCCC(=O)O[C@H](COC(=O)CCCCCCCCCCC(C)CC)COP(=O)(O)OP(=O)(O)OC[C@H]1O[C@@H](n2ccc(N)nc2=O)[C@H](O)[C@@H]1O. The number of nitrogen functional groups attached to an aromatic ring is 1. The van der Waals surface area contributed by atoms with E-state index in [0.29, 0.717) is 38.5 Å². The Kier molecular flexibility index (Phi) is 30.6. The molecule has 22 heteroatoms. The number of hydrogen-bond acceptors (Lipinski definition) is 17. The molecule has 2 rings (SSSR count). The van der Waals surface area contributed by atoms with E-state index in [9.17, 15) is 53.7 Å². The van der Waals surface area contributed by atoms with E-state index in [1.54, 1.807) is 0 Å². The van der Waals surface area contributed by atoms with Crippen LogP contribution in [0.15, 0.2) is 29.2 Å². The zero-order chi connectivity index (χ0) is 49.7. The zero-order valence-electron chi connectivity index (χ0n) is 39.9. The average Bonchev–Trinajstić information content (AvgIpc) is 3.56. The van der Waals surface area contributed by atoms with Crippen LogP contribution in [0.4, 0.5) is 5.82 Å². The largest absolute Gasteiger partial charge is 0.481 e. The summed E-state index contributed by atoms with van der Waals surface area (Å²) in [6.07, 6.45) is 14.7. The molecule has 0 spiro atoms. The monoisotopic (exact) mass is 998 g/mol. The van der Waals surface area contributed by atoms with Gasteiger partial charge in [-0.3, -0.25) is 23.2 Å². The van der Waals surface area contributed by atoms with Crippen molar-refractivity contribution in [1.82, 2.24) is 9.55 Å². The van der Waals surface area contributed by atoms with Gasteiger partial charge in [-0.1, -0.05) is 129 Å². The van der Waals surface area contributed by atoms with Gasteiger partial charge in [0, 0.05) is 19.0 Å². The molecule has 1 aliphatic rings. The highest BCUT2D eigenvalue weighted by molar-refractivity contribution is 7.61. The summed E-state index contributed by atoms with van der Waals surface area (Å²) in [6.45, 7) is 4.22. The quantitative estimate of drug-likeness (QED) is 0.0150. The summed E-state index contributed by atoms with van der Waals surface area (Å²) in [5, 5.41) is 41.4. The Labute approximate surface area is 396 Å². The topological polar surface area (TPSA) is 306 Å². The fraction of sp³-hybridized carbons (Fsp3) is 0.822. The second-order valence-electron chi connectivity index (χ2n) is 17.5. The third-order valence-corrected chi connectivity index (χ3v) is 14.2. The maximum absolute atomic E-state index is 12.8. The van der Waals surface area contributed by atoms with Crippen LogP contribution in [0.25, 0.3) is 0 Å². The number of unbranched alkanes of at least 4 members (excludes halogenated alkanes) is 14. The average molecular weight is 998 g/mol. The van der Waals surface area contributed by atoms with Crippen LogP contribution >= 0.6 is 15.6 Å². The number of allylic oxidation sites excluding steroid dienone is 1. The van der Waals surface area contributed by atoms with Gasteiger partial charge in [0.15, 0.2) is 12.3 Å². The molecule has 20 nitrogen and oxygen atoms in total. The number of phosphoric ester groups is 2. The van der Waals surface area contributed by atoms with Crippen LogP contribution in [0.3, 0.4) is 0 Å². The predicted octanol–water partition coefficient (Wildman–Crippen LogP) is 7.08. The number of aliphatic hydroxyl groups excluding tert-OH is 4. The Morgan fingerprint density at radius 2 is 1.40 bits per heavy atom. The molecule has 0 saturated carbocycles. The molecule has 1 aliphatic heterocycles. The Balaban J connectivity index is 1.85. The summed E-state index contributed by atoms with van der Waals surface area (Å²) in [7, 11) is -10.9. The number of anilines is 1. The minimum Gasteiger partial charge on any atom is -0.462 e. The van der Waals surface area contributed by atoms with Gasteiger partial charge in [0.25, 0.3) is 0 Å². The maximum Gasteiger partial charge on any atom is 0.481 e. The lowest BCUT2D eigenvalue weighted by atomic mass is 9.99. The van der Waals surface area contributed by atoms with E-state index in [0.717, 1.165) is 80.9 Å². The normalized spacial score (nSPS) is 21.1. The number of nitrogens with zero attached hydrogens (tertiary/aromatic N) is 2. The highest BCUT2D eigenvalue weighted by Crippen LogP contribution is 2.60. The summed E-state index contributed by atoms with van der Waals surface area (Å²) in [4.78, 5) is 61.8. The van der Waals surface area contributed by atoms with Gasteiger partial charge in [0.2, 0.25) is 0 Å². The first kappa shape index (κ1) is 60.5. The minimum atomic E-state index is -5.45. The number of esters is 2. The number of aromatic nitrogens is 2. The van der Waals surface area contributed by atoms with Crippen molar-refractivity contribution in [3.05, 3.63) is 34.9 Å². The summed E-state index contributed by atoms with van der Waals surface area (Å²) in [5.41, 5.74) is 4.57. The number of phosphoric acid groups is 2. The van der Waals surface area contributed by atoms with E-state index in [4.69, 9.17) is 29.0 Å². The molecular formula is C45H81N3O17P2. The second-order valence-corrected chi connectivity index (χ2v) is 20.6. The van der Waals surface area contributed by atoms with Crippen molar-refractivity contribution in [2.24, 2.45) is 5.92 Å². The summed E-state index contributed by atoms with van der Waals surface area (Å²) in [5.74, 6) is -0.654. The summed E-state index contributed by atoms with van der Waals surface area (Å²) >= 11 is 0. The van der Waals surface area contributed by atoms with Crippen LogP contribution in [0, 0.1) is 5.92 Å². The van der Waals surface area contributed by atoms with E-state index in [2.05, 4.69) is 30.1 Å². The molecule has 1 aromatic rings. The molecule has 2 heterocycles. The number of ether oxygens (including phenoxy) is 3. The summed E-state index contributed by atoms with van der Waals surface area (Å²) in [6, 6.07) is 1.24. The van der Waals surface area contributed by atoms with Gasteiger partial charge in [-0.15, -0.1) is 0 Å². The van der Waals surface area contributed by atoms with Crippen LogP contribution in [0.5, 0.6) is 0 Å².